The topological polar surface area (TPSA) is 115 Å². The van der Waals surface area contributed by atoms with Crippen LogP contribution < -0.4 is 9.64 Å². The molecule has 0 saturated carbocycles. The summed E-state index contributed by atoms with van der Waals surface area (Å²) in [6.45, 7) is 1.01. The van der Waals surface area contributed by atoms with E-state index in [1.54, 1.807) is 24.3 Å². The Morgan fingerprint density at radius 3 is 2.35 bits per heavy atom. The molecule has 1 aliphatic rings. The zero-order valence-corrected chi connectivity index (χ0v) is 25.4. The van der Waals surface area contributed by atoms with Crippen molar-refractivity contribution in [3.63, 3.8) is 0 Å². The summed E-state index contributed by atoms with van der Waals surface area (Å²) in [5.41, 5.74) is 3.73. The molecule has 6 rings (SSSR count). The number of aliphatic hydroxyl groups excluding tert-OH is 1. The predicted octanol–water partition coefficient (Wildman–Crippen LogP) is 5.55. The maximum atomic E-state index is 13.9. The number of aliphatic hydroxyl groups is 1. The number of nitrogens with zero attached hydrogens (tertiary/aromatic N) is 3. The van der Waals surface area contributed by atoms with Crippen molar-refractivity contribution in [2.45, 2.75) is 31.3 Å². The Kier molecular flexibility index (Phi) is 9.56. The number of oxazole rings is 1. The molecule has 0 bridgehead atoms. The van der Waals surface area contributed by atoms with Gasteiger partial charge in [0.25, 0.3) is 11.9 Å². The van der Waals surface area contributed by atoms with Crippen LogP contribution in [0.2, 0.25) is 0 Å². The van der Waals surface area contributed by atoms with Gasteiger partial charge in [-0.2, -0.15) is 4.98 Å². The van der Waals surface area contributed by atoms with Gasteiger partial charge in [0, 0.05) is 7.05 Å². The minimum Gasteiger partial charge on any atom is -0.492 e. The molecule has 236 valence electrons. The first-order valence-electron chi connectivity index (χ1n) is 15.1. The summed E-state index contributed by atoms with van der Waals surface area (Å²) in [5.74, 6) is -0.0736. The number of ether oxygens (including phenoxy) is 3. The standard InChI is InChI=1S/C36H35N3O7/c1-38(35-37-30-14-8-9-15-31(30)46-35)20-21-43-29-18-16-27(17-19-29)32(40)33(44-23-26-12-6-3-7-13-26)34(41)39-28(24-45-36(39)42)22-25-10-4-2-5-11-25/h2-19,28,32-33,40H,20-24H2,1H3/t28-,32+,33-/m0/s1. The number of cyclic esters (lactones) is 1. The number of likely N-dealkylation sites (N-methyl/N-ethyl adjacent to an activating group) is 1. The number of imide groups is 1. The monoisotopic (exact) mass is 621 g/mol. The van der Waals surface area contributed by atoms with E-state index in [-0.39, 0.29) is 13.2 Å². The Morgan fingerprint density at radius 2 is 1.63 bits per heavy atom. The summed E-state index contributed by atoms with van der Waals surface area (Å²) in [6, 6.07) is 33.3. The second-order valence-electron chi connectivity index (χ2n) is 11.1. The second kappa shape index (κ2) is 14.3. The van der Waals surface area contributed by atoms with E-state index in [4.69, 9.17) is 18.6 Å². The average Bonchev–Trinajstić information content (AvgIpc) is 3.69. The van der Waals surface area contributed by atoms with Crippen LogP contribution in [-0.4, -0.2) is 65.9 Å². The van der Waals surface area contributed by atoms with Crippen molar-refractivity contribution in [2.75, 3.05) is 31.7 Å². The van der Waals surface area contributed by atoms with Gasteiger partial charge in [-0.15, -0.1) is 0 Å². The Labute approximate surface area is 266 Å². The molecule has 4 aromatic carbocycles. The average molecular weight is 622 g/mol. The van der Waals surface area contributed by atoms with Crippen LogP contribution in [0.25, 0.3) is 11.1 Å². The van der Waals surface area contributed by atoms with Gasteiger partial charge in [-0.1, -0.05) is 84.9 Å². The van der Waals surface area contributed by atoms with E-state index in [0.717, 1.165) is 27.1 Å². The minimum absolute atomic E-state index is 0.0641. The third-order valence-electron chi connectivity index (χ3n) is 7.84. The number of carbonyl (C=O) groups is 2. The third-order valence-corrected chi connectivity index (χ3v) is 7.84. The lowest BCUT2D eigenvalue weighted by Crippen LogP contribution is -2.48. The number of benzene rings is 4. The van der Waals surface area contributed by atoms with Gasteiger partial charge >= 0.3 is 6.09 Å². The van der Waals surface area contributed by atoms with Gasteiger partial charge in [0.15, 0.2) is 11.7 Å². The molecule has 2 heterocycles. The fourth-order valence-corrected chi connectivity index (χ4v) is 5.32. The number of para-hydroxylation sites is 2. The van der Waals surface area contributed by atoms with Gasteiger partial charge in [0.05, 0.1) is 19.2 Å². The van der Waals surface area contributed by atoms with E-state index < -0.39 is 30.3 Å². The first kappa shape index (κ1) is 30.8. The van der Waals surface area contributed by atoms with Crippen molar-refractivity contribution in [1.82, 2.24) is 9.88 Å². The van der Waals surface area contributed by atoms with Crippen LogP contribution in [0.15, 0.2) is 114 Å². The Bertz CT molecular complexity index is 1710. The molecule has 10 nitrogen and oxygen atoms in total. The van der Waals surface area contributed by atoms with Gasteiger partial charge in [0.2, 0.25) is 0 Å². The van der Waals surface area contributed by atoms with Crippen LogP contribution in [-0.2, 0) is 27.3 Å². The van der Waals surface area contributed by atoms with Crippen molar-refractivity contribution in [3.8, 4) is 5.75 Å². The van der Waals surface area contributed by atoms with Crippen molar-refractivity contribution in [3.05, 3.63) is 126 Å². The largest absolute Gasteiger partial charge is 0.492 e. The number of amides is 2. The lowest BCUT2D eigenvalue weighted by Gasteiger charge is -2.28. The summed E-state index contributed by atoms with van der Waals surface area (Å²) in [6.07, 6.45) is -3.05. The highest BCUT2D eigenvalue weighted by Gasteiger charge is 2.43. The van der Waals surface area contributed by atoms with Crippen molar-refractivity contribution in [2.24, 2.45) is 0 Å². The first-order chi connectivity index (χ1) is 22.5. The second-order valence-corrected chi connectivity index (χ2v) is 11.1. The molecule has 1 saturated heterocycles. The molecule has 0 aliphatic carbocycles. The van der Waals surface area contributed by atoms with Crippen LogP contribution in [0, 0.1) is 0 Å². The molecule has 3 atom stereocenters. The maximum Gasteiger partial charge on any atom is 0.417 e. The number of carbonyl (C=O) groups excluding carboxylic acids is 2. The summed E-state index contributed by atoms with van der Waals surface area (Å²) in [7, 11) is 1.88. The van der Waals surface area contributed by atoms with Crippen LogP contribution in [0.5, 0.6) is 5.75 Å². The van der Waals surface area contributed by atoms with Gasteiger partial charge in [0.1, 0.15) is 30.6 Å². The molecule has 0 spiro atoms. The Hall–Kier alpha value is -5.19. The number of anilines is 1. The fourth-order valence-electron chi connectivity index (χ4n) is 5.32. The van der Waals surface area contributed by atoms with E-state index in [9.17, 15) is 14.7 Å². The molecule has 10 heteroatoms. The van der Waals surface area contributed by atoms with Crippen molar-refractivity contribution in [1.29, 1.82) is 0 Å². The summed E-state index contributed by atoms with van der Waals surface area (Å²) in [4.78, 5) is 34.2. The summed E-state index contributed by atoms with van der Waals surface area (Å²) >= 11 is 0. The normalized spacial score (nSPS) is 15.8. The SMILES string of the molecule is CN(CCOc1ccc([C@@H](O)[C@H](OCc2ccccc2)C(=O)N2C(=O)OC[C@@H]2Cc2ccccc2)cc1)c1nc2ccccc2o1. The van der Waals surface area contributed by atoms with Gasteiger partial charge < -0.3 is 28.6 Å². The van der Waals surface area contributed by atoms with Crippen LogP contribution in [0.4, 0.5) is 10.8 Å². The first-order valence-corrected chi connectivity index (χ1v) is 15.1. The number of rotatable bonds is 13. The van der Waals surface area contributed by atoms with Crippen LogP contribution in [0.1, 0.15) is 22.8 Å². The molecule has 0 radical (unpaired) electrons. The summed E-state index contributed by atoms with van der Waals surface area (Å²) in [5, 5.41) is 11.5. The van der Waals surface area contributed by atoms with E-state index >= 15 is 0 Å². The zero-order valence-electron chi connectivity index (χ0n) is 25.4. The smallest absolute Gasteiger partial charge is 0.417 e. The van der Waals surface area contributed by atoms with E-state index in [1.165, 1.54) is 0 Å². The molecule has 46 heavy (non-hydrogen) atoms. The highest BCUT2D eigenvalue weighted by molar-refractivity contribution is 5.96. The van der Waals surface area contributed by atoms with Crippen LogP contribution >= 0.6 is 0 Å². The number of aromatic nitrogens is 1. The zero-order chi connectivity index (χ0) is 31.9. The van der Waals surface area contributed by atoms with Gasteiger partial charge in [-0.25, -0.2) is 9.69 Å². The quantitative estimate of drug-likeness (QED) is 0.181. The molecule has 0 unspecified atom stereocenters. The highest BCUT2D eigenvalue weighted by Crippen LogP contribution is 2.28. The fraction of sp³-hybridized carbons (Fsp3) is 0.250. The molecule has 5 aromatic rings. The number of fused-ring (bicyclic) bond motifs is 1. The molecule has 1 N–H and O–H groups in total. The van der Waals surface area contributed by atoms with E-state index in [2.05, 4.69) is 4.98 Å². The molecular formula is C36H35N3O7. The van der Waals surface area contributed by atoms with E-state index in [1.807, 2.05) is 96.9 Å². The predicted molar refractivity (Wildman–Crippen MR) is 171 cm³/mol. The molecule has 1 aromatic heterocycles. The molecule has 2 amide bonds. The van der Waals surface area contributed by atoms with Crippen molar-refractivity contribution >= 4 is 29.1 Å². The molecule has 1 aliphatic heterocycles. The van der Waals surface area contributed by atoms with Crippen molar-refractivity contribution < 1.29 is 33.3 Å². The Balaban J connectivity index is 1.13. The number of hydrogen-bond acceptors (Lipinski definition) is 9. The molecule has 1 fully saturated rings. The van der Waals surface area contributed by atoms with Crippen LogP contribution in [0.3, 0.4) is 0 Å². The Morgan fingerprint density at radius 1 is 0.957 bits per heavy atom. The lowest BCUT2D eigenvalue weighted by molar-refractivity contribution is -0.151. The number of hydrogen-bond donors (Lipinski definition) is 1. The minimum atomic E-state index is -1.36. The van der Waals surface area contributed by atoms with Gasteiger partial charge in [-0.3, -0.25) is 4.79 Å². The summed E-state index contributed by atoms with van der Waals surface area (Å²) < 4.78 is 23.1. The van der Waals surface area contributed by atoms with Gasteiger partial charge in [-0.05, 0) is 47.4 Å². The third kappa shape index (κ3) is 7.20. The van der Waals surface area contributed by atoms with E-state index in [0.29, 0.717) is 36.9 Å². The molecular weight excluding hydrogens is 586 g/mol. The lowest BCUT2D eigenvalue weighted by atomic mass is 10.0. The maximum absolute atomic E-state index is 13.9. The highest BCUT2D eigenvalue weighted by atomic mass is 16.6.